The maximum atomic E-state index is 12.4. The van der Waals surface area contributed by atoms with Gasteiger partial charge in [-0.1, -0.05) is 0 Å². The van der Waals surface area contributed by atoms with Crippen molar-refractivity contribution in [1.29, 1.82) is 0 Å². The zero-order chi connectivity index (χ0) is 25.0. The quantitative estimate of drug-likeness (QED) is 0.161. The van der Waals surface area contributed by atoms with E-state index in [9.17, 15) is 45.3 Å². The van der Waals surface area contributed by atoms with Crippen LogP contribution in [0.5, 0.6) is 5.75 Å². The minimum atomic E-state index is -1.64. The molecule has 34 heavy (non-hydrogen) atoms. The van der Waals surface area contributed by atoms with Crippen LogP contribution >= 0.6 is 0 Å². The van der Waals surface area contributed by atoms with Crippen LogP contribution in [0, 0.1) is 0 Å². The Hall–Kier alpha value is -2.62. The number of hydrogen-bond acceptors (Lipinski definition) is 12. The predicted octanol–water partition coefficient (Wildman–Crippen LogP) is -3.65. The van der Waals surface area contributed by atoms with Crippen LogP contribution in [0.3, 0.4) is 0 Å². The highest BCUT2D eigenvalue weighted by Crippen LogP contribution is 2.27. The second kappa shape index (κ2) is 10.8. The number of carbonyl (C=O) groups excluding carboxylic acids is 1. The number of hydrogen-bond donors (Lipinski definition) is 8. The molecule has 1 aliphatic heterocycles. The summed E-state index contributed by atoms with van der Waals surface area (Å²) >= 11 is 0. The van der Waals surface area contributed by atoms with Crippen LogP contribution in [0.2, 0.25) is 0 Å². The molecule has 2 aromatic rings. The smallest absolute Gasteiger partial charge is 0.336 e. The third-order valence-corrected chi connectivity index (χ3v) is 5.57. The van der Waals surface area contributed by atoms with Gasteiger partial charge in [-0.25, -0.2) is 4.79 Å². The zero-order valence-corrected chi connectivity index (χ0v) is 17.9. The van der Waals surface area contributed by atoms with Crippen LogP contribution < -0.4 is 15.7 Å². The van der Waals surface area contributed by atoms with Crippen LogP contribution in [0.25, 0.3) is 11.0 Å². The SMILES string of the molecule is O=C(Cc1cc(=O)oc2cc(O[C@@H]3O[C@H](CO)[C@H](O)[C@H](O)[C@H]3O)ccc12)NC(CO)(CO)CO. The van der Waals surface area contributed by atoms with E-state index >= 15 is 0 Å². The average Bonchev–Trinajstić information content (AvgIpc) is 2.82. The van der Waals surface area contributed by atoms with Gasteiger partial charge in [0.15, 0.2) is 0 Å². The molecule has 1 amide bonds. The lowest BCUT2D eigenvalue weighted by molar-refractivity contribution is -0.277. The Kier molecular flexibility index (Phi) is 8.22. The summed E-state index contributed by atoms with van der Waals surface area (Å²) in [5, 5.41) is 70.0. The molecule has 188 valence electrons. The van der Waals surface area contributed by atoms with Gasteiger partial charge in [0.05, 0.1) is 32.8 Å². The molecule has 1 aromatic carbocycles. The highest BCUT2D eigenvalue weighted by molar-refractivity contribution is 5.88. The fraction of sp³-hybridized carbons (Fsp3) is 0.524. The van der Waals surface area contributed by atoms with Gasteiger partial charge in [0.1, 0.15) is 41.3 Å². The first kappa shape index (κ1) is 26.0. The predicted molar refractivity (Wildman–Crippen MR) is 113 cm³/mol. The fourth-order valence-corrected chi connectivity index (χ4v) is 3.51. The molecule has 0 radical (unpaired) electrons. The number of ether oxygens (including phenoxy) is 2. The summed E-state index contributed by atoms with van der Waals surface area (Å²) < 4.78 is 16.0. The Morgan fingerprint density at radius 3 is 2.29 bits per heavy atom. The highest BCUT2D eigenvalue weighted by Gasteiger charge is 2.44. The van der Waals surface area contributed by atoms with E-state index in [0.29, 0.717) is 5.39 Å². The molecule has 3 rings (SSSR count). The lowest BCUT2D eigenvalue weighted by Gasteiger charge is -2.39. The van der Waals surface area contributed by atoms with Gasteiger partial charge in [0.25, 0.3) is 0 Å². The number of benzene rings is 1. The lowest BCUT2D eigenvalue weighted by Crippen LogP contribution is -2.60. The number of fused-ring (bicyclic) bond motifs is 1. The van der Waals surface area contributed by atoms with Crippen molar-refractivity contribution >= 4 is 16.9 Å². The van der Waals surface area contributed by atoms with Crippen molar-refractivity contribution < 1.29 is 54.4 Å². The van der Waals surface area contributed by atoms with Crippen LogP contribution in [-0.2, 0) is 16.0 Å². The van der Waals surface area contributed by atoms with Gasteiger partial charge in [-0.2, -0.15) is 0 Å². The monoisotopic (exact) mass is 485 g/mol. The molecule has 5 atom stereocenters. The summed E-state index contributed by atoms with van der Waals surface area (Å²) in [6, 6.07) is 5.28. The molecular weight excluding hydrogens is 458 g/mol. The van der Waals surface area contributed by atoms with Crippen molar-refractivity contribution in [3.8, 4) is 5.75 Å². The molecule has 1 aromatic heterocycles. The zero-order valence-electron chi connectivity index (χ0n) is 17.9. The molecule has 1 aliphatic rings. The standard InChI is InChI=1S/C21H27NO12/c23-6-14-17(29)18(30)19(31)20(34-14)32-11-1-2-12-10(4-16(28)33-13(12)5-11)3-15(27)22-21(7-24,8-25)9-26/h1-2,4-5,14,17-20,23-26,29-31H,3,6-9H2,(H,22,27)/t14-,17+,18+,19-,20-/m1/s1. The van der Waals surface area contributed by atoms with E-state index in [-0.39, 0.29) is 23.3 Å². The molecule has 0 bridgehead atoms. The molecule has 13 nitrogen and oxygen atoms in total. The van der Waals surface area contributed by atoms with E-state index in [1.165, 1.54) is 18.2 Å². The number of aliphatic hydroxyl groups excluding tert-OH is 7. The van der Waals surface area contributed by atoms with Crippen LogP contribution in [-0.4, -0.2) is 104 Å². The third-order valence-electron chi connectivity index (χ3n) is 5.57. The molecule has 1 fully saturated rings. The van der Waals surface area contributed by atoms with Gasteiger partial charge >= 0.3 is 5.63 Å². The molecule has 8 N–H and O–H groups in total. The van der Waals surface area contributed by atoms with E-state index in [1.54, 1.807) is 0 Å². The summed E-state index contributed by atoms with van der Waals surface area (Å²) in [6.07, 6.45) is -7.78. The first-order valence-electron chi connectivity index (χ1n) is 10.3. The van der Waals surface area contributed by atoms with E-state index in [4.69, 9.17) is 13.9 Å². The Bertz CT molecular complexity index is 1040. The molecular formula is C21H27NO12. The first-order chi connectivity index (χ1) is 16.2. The molecule has 0 saturated carbocycles. The van der Waals surface area contributed by atoms with Crippen molar-refractivity contribution in [3.05, 3.63) is 40.2 Å². The molecule has 13 heteroatoms. The van der Waals surface area contributed by atoms with Gasteiger partial charge < -0.3 is 55.0 Å². The summed E-state index contributed by atoms with van der Waals surface area (Å²) in [5.74, 6) is -0.618. The van der Waals surface area contributed by atoms with Crippen LogP contribution in [0.15, 0.2) is 33.5 Å². The normalized spacial score (nSPS) is 25.3. The van der Waals surface area contributed by atoms with Gasteiger partial charge in [-0.05, 0) is 17.7 Å². The Labute approximate surface area is 192 Å². The summed E-state index contributed by atoms with van der Waals surface area (Å²) in [5.41, 5.74) is -2.13. The fourth-order valence-electron chi connectivity index (χ4n) is 3.51. The van der Waals surface area contributed by atoms with E-state index in [2.05, 4.69) is 5.32 Å². The molecule has 0 aliphatic carbocycles. The van der Waals surface area contributed by atoms with Crippen LogP contribution in [0.4, 0.5) is 0 Å². The minimum absolute atomic E-state index is 0.0233. The van der Waals surface area contributed by atoms with Crippen molar-refractivity contribution in [2.45, 2.75) is 42.7 Å². The van der Waals surface area contributed by atoms with Gasteiger partial charge in [-0.15, -0.1) is 0 Å². The minimum Gasteiger partial charge on any atom is -0.462 e. The van der Waals surface area contributed by atoms with Crippen molar-refractivity contribution in [2.24, 2.45) is 0 Å². The number of rotatable bonds is 9. The summed E-state index contributed by atoms with van der Waals surface area (Å²) in [7, 11) is 0. The molecule has 0 unspecified atom stereocenters. The summed E-state index contributed by atoms with van der Waals surface area (Å²) in [4.78, 5) is 24.5. The Balaban J connectivity index is 1.83. The van der Waals surface area contributed by atoms with E-state index in [1.807, 2.05) is 0 Å². The van der Waals surface area contributed by atoms with Crippen molar-refractivity contribution in [1.82, 2.24) is 5.32 Å². The lowest BCUT2D eigenvalue weighted by atomic mass is 9.99. The maximum absolute atomic E-state index is 12.4. The van der Waals surface area contributed by atoms with Gasteiger partial charge in [0, 0.05) is 17.5 Å². The second-order valence-electron chi connectivity index (χ2n) is 8.04. The number of carbonyl (C=O) groups is 1. The van der Waals surface area contributed by atoms with Crippen molar-refractivity contribution in [3.63, 3.8) is 0 Å². The molecule has 0 spiro atoms. The van der Waals surface area contributed by atoms with Crippen molar-refractivity contribution in [2.75, 3.05) is 26.4 Å². The number of aliphatic hydroxyl groups is 7. The van der Waals surface area contributed by atoms with E-state index < -0.39 is 74.2 Å². The van der Waals surface area contributed by atoms with Crippen LogP contribution in [0.1, 0.15) is 5.56 Å². The maximum Gasteiger partial charge on any atom is 0.336 e. The average molecular weight is 485 g/mol. The molecule has 2 heterocycles. The number of amides is 1. The Morgan fingerprint density at radius 1 is 1.00 bits per heavy atom. The summed E-state index contributed by atoms with van der Waals surface area (Å²) in [6.45, 7) is -2.75. The Morgan fingerprint density at radius 2 is 1.68 bits per heavy atom. The molecule has 1 saturated heterocycles. The highest BCUT2D eigenvalue weighted by atomic mass is 16.7. The largest absolute Gasteiger partial charge is 0.462 e. The number of nitrogens with one attached hydrogen (secondary N) is 1. The third kappa shape index (κ3) is 5.37. The van der Waals surface area contributed by atoms with E-state index in [0.717, 1.165) is 6.07 Å². The van der Waals surface area contributed by atoms with Gasteiger partial charge in [-0.3, -0.25) is 4.79 Å². The first-order valence-corrected chi connectivity index (χ1v) is 10.3. The topological polar surface area (TPSA) is 219 Å². The van der Waals surface area contributed by atoms with Gasteiger partial charge in [0.2, 0.25) is 12.2 Å². The second-order valence-corrected chi connectivity index (χ2v) is 8.04.